The van der Waals surface area contributed by atoms with Crippen LogP contribution in [-0.4, -0.2) is 47.3 Å². The lowest BCUT2D eigenvalue weighted by molar-refractivity contribution is -0.152. The number of hydrogen-bond acceptors (Lipinski definition) is 4. The highest BCUT2D eigenvalue weighted by atomic mass is 16.5. The molecule has 2 aromatic rings. The van der Waals surface area contributed by atoms with E-state index in [4.69, 9.17) is 4.74 Å². The zero-order valence-electron chi connectivity index (χ0n) is 14.2. The number of benzene rings is 1. The Labute approximate surface area is 141 Å². The quantitative estimate of drug-likeness (QED) is 0.830. The van der Waals surface area contributed by atoms with E-state index < -0.39 is 6.10 Å². The van der Waals surface area contributed by atoms with Crippen LogP contribution in [0.15, 0.2) is 24.3 Å². The van der Waals surface area contributed by atoms with E-state index >= 15 is 0 Å². The van der Waals surface area contributed by atoms with Gasteiger partial charge in [-0.25, -0.2) is 0 Å². The van der Waals surface area contributed by atoms with Crippen LogP contribution in [0.25, 0.3) is 10.9 Å². The van der Waals surface area contributed by atoms with Gasteiger partial charge in [0, 0.05) is 29.7 Å². The number of aromatic amines is 1. The number of aromatic nitrogens is 1. The number of rotatable bonds is 2. The van der Waals surface area contributed by atoms with Crippen molar-refractivity contribution in [2.24, 2.45) is 11.8 Å². The summed E-state index contributed by atoms with van der Waals surface area (Å²) in [6, 6.07) is 8.35. The summed E-state index contributed by atoms with van der Waals surface area (Å²) in [5, 5.41) is 11.3. The standard InChI is InChI=1S/C19H24N2O3/c1-11(22)12-9-15(19(23)24-2)18-17-14(7-8-21(18)10-12)13-5-3-4-6-16(13)20-17/h3-6,11-12,15,18,20,22H,7-10H2,1-2H3/t11?,12-,15-,18-/m0/s1. The summed E-state index contributed by atoms with van der Waals surface area (Å²) < 4.78 is 5.09. The van der Waals surface area contributed by atoms with E-state index in [0.717, 1.165) is 30.7 Å². The van der Waals surface area contributed by atoms with Gasteiger partial charge < -0.3 is 14.8 Å². The molecule has 4 atom stereocenters. The molecule has 4 rings (SSSR count). The first kappa shape index (κ1) is 15.7. The Morgan fingerprint density at radius 3 is 2.96 bits per heavy atom. The molecule has 0 bridgehead atoms. The first-order valence-electron chi connectivity index (χ1n) is 8.69. The smallest absolute Gasteiger partial charge is 0.310 e. The fourth-order valence-electron chi connectivity index (χ4n) is 4.54. The number of nitrogens with zero attached hydrogens (tertiary/aromatic N) is 1. The lowest BCUT2D eigenvalue weighted by Gasteiger charge is -2.46. The van der Waals surface area contributed by atoms with Crippen molar-refractivity contribution >= 4 is 16.9 Å². The molecule has 0 spiro atoms. The molecule has 2 aliphatic rings. The van der Waals surface area contributed by atoms with Crippen molar-refractivity contribution in [2.45, 2.75) is 31.9 Å². The second-order valence-corrected chi connectivity index (χ2v) is 7.12. The first-order valence-corrected chi connectivity index (χ1v) is 8.69. The molecule has 0 saturated carbocycles. The van der Waals surface area contributed by atoms with Gasteiger partial charge >= 0.3 is 5.97 Å². The predicted molar refractivity (Wildman–Crippen MR) is 91.6 cm³/mol. The Bertz CT molecular complexity index is 767. The summed E-state index contributed by atoms with van der Waals surface area (Å²) in [6.45, 7) is 3.55. The van der Waals surface area contributed by atoms with Crippen LogP contribution in [0.4, 0.5) is 0 Å². The third kappa shape index (κ3) is 2.34. The van der Waals surface area contributed by atoms with E-state index in [1.807, 2.05) is 13.0 Å². The largest absolute Gasteiger partial charge is 0.469 e. The third-order valence-electron chi connectivity index (χ3n) is 5.78. The molecule has 0 amide bonds. The molecular formula is C19H24N2O3. The lowest BCUT2D eigenvalue weighted by atomic mass is 9.77. The Morgan fingerprint density at radius 1 is 1.42 bits per heavy atom. The maximum Gasteiger partial charge on any atom is 0.310 e. The maximum atomic E-state index is 12.5. The molecule has 0 aliphatic carbocycles. The minimum atomic E-state index is -0.415. The fraction of sp³-hybridized carbons (Fsp3) is 0.526. The van der Waals surface area contributed by atoms with Crippen LogP contribution in [0, 0.1) is 11.8 Å². The van der Waals surface area contributed by atoms with Crippen molar-refractivity contribution in [1.82, 2.24) is 9.88 Å². The van der Waals surface area contributed by atoms with E-state index in [2.05, 4.69) is 28.1 Å². The zero-order valence-corrected chi connectivity index (χ0v) is 14.2. The van der Waals surface area contributed by atoms with Gasteiger partial charge in [0.2, 0.25) is 0 Å². The summed E-state index contributed by atoms with van der Waals surface area (Å²) in [4.78, 5) is 18.4. The number of carbonyl (C=O) groups is 1. The molecule has 1 aromatic heterocycles. The van der Waals surface area contributed by atoms with Gasteiger partial charge in [-0.2, -0.15) is 0 Å². The van der Waals surface area contributed by atoms with Crippen molar-refractivity contribution in [3.05, 3.63) is 35.5 Å². The van der Waals surface area contributed by atoms with Crippen molar-refractivity contribution in [3.63, 3.8) is 0 Å². The van der Waals surface area contributed by atoms with Gasteiger partial charge in [-0.1, -0.05) is 18.2 Å². The zero-order chi connectivity index (χ0) is 16.8. The molecular weight excluding hydrogens is 304 g/mol. The molecule has 1 fully saturated rings. The van der Waals surface area contributed by atoms with Crippen molar-refractivity contribution in [2.75, 3.05) is 20.2 Å². The first-order chi connectivity index (χ1) is 11.6. The van der Waals surface area contributed by atoms with E-state index in [9.17, 15) is 9.90 Å². The summed E-state index contributed by atoms with van der Waals surface area (Å²) in [7, 11) is 1.45. The topological polar surface area (TPSA) is 65.6 Å². The summed E-state index contributed by atoms with van der Waals surface area (Å²) in [5.74, 6) is -0.311. The molecule has 128 valence electrons. The van der Waals surface area contributed by atoms with E-state index in [0.29, 0.717) is 6.42 Å². The van der Waals surface area contributed by atoms with Crippen LogP contribution in [0.2, 0.25) is 0 Å². The molecule has 5 heteroatoms. The lowest BCUT2D eigenvalue weighted by Crippen LogP contribution is -2.51. The fourth-order valence-corrected chi connectivity index (χ4v) is 4.54. The number of hydrogen-bond donors (Lipinski definition) is 2. The minimum Gasteiger partial charge on any atom is -0.469 e. The van der Waals surface area contributed by atoms with Gasteiger partial charge in [-0.05, 0) is 37.3 Å². The van der Waals surface area contributed by atoms with Gasteiger partial charge in [0.25, 0.3) is 0 Å². The molecule has 1 unspecified atom stereocenters. The molecule has 0 radical (unpaired) electrons. The molecule has 1 aromatic carbocycles. The average Bonchev–Trinajstić information content (AvgIpc) is 2.98. The van der Waals surface area contributed by atoms with Crippen LogP contribution in [0.5, 0.6) is 0 Å². The molecule has 24 heavy (non-hydrogen) atoms. The number of para-hydroxylation sites is 1. The van der Waals surface area contributed by atoms with Crippen LogP contribution < -0.4 is 0 Å². The van der Waals surface area contributed by atoms with Crippen LogP contribution in [0.1, 0.15) is 30.6 Å². The van der Waals surface area contributed by atoms with E-state index in [1.54, 1.807) is 0 Å². The summed E-state index contributed by atoms with van der Waals surface area (Å²) >= 11 is 0. The number of piperidine rings is 1. The summed E-state index contributed by atoms with van der Waals surface area (Å²) in [6.07, 6.45) is 1.22. The van der Waals surface area contributed by atoms with Crippen LogP contribution >= 0.6 is 0 Å². The SMILES string of the molecule is COC(=O)[C@H]1C[C@H](C(C)O)CN2CCc3c([nH]c4ccccc34)[C@H]12. The molecule has 1 saturated heterocycles. The van der Waals surface area contributed by atoms with E-state index in [-0.39, 0.29) is 23.8 Å². The molecule has 5 nitrogen and oxygen atoms in total. The molecule has 2 aliphatic heterocycles. The van der Waals surface area contributed by atoms with Crippen LogP contribution in [-0.2, 0) is 16.0 Å². The second-order valence-electron chi connectivity index (χ2n) is 7.12. The number of H-pyrrole nitrogens is 1. The Kier molecular flexibility index (Phi) is 3.85. The van der Waals surface area contributed by atoms with Crippen molar-refractivity contribution in [1.29, 1.82) is 0 Å². The summed E-state index contributed by atoms with van der Waals surface area (Å²) in [5.41, 5.74) is 3.61. The highest BCUT2D eigenvalue weighted by molar-refractivity contribution is 5.85. The van der Waals surface area contributed by atoms with Gasteiger partial charge in [0.15, 0.2) is 0 Å². The second kappa shape index (κ2) is 5.90. The number of fused-ring (bicyclic) bond motifs is 5. The predicted octanol–water partition coefficient (Wildman–Crippen LogP) is 2.26. The van der Waals surface area contributed by atoms with Gasteiger partial charge in [0.05, 0.1) is 25.2 Å². The van der Waals surface area contributed by atoms with Crippen molar-refractivity contribution < 1.29 is 14.6 Å². The van der Waals surface area contributed by atoms with E-state index in [1.165, 1.54) is 18.1 Å². The Hall–Kier alpha value is -1.85. The maximum absolute atomic E-state index is 12.5. The molecule has 2 N–H and O–H groups in total. The normalized spacial score (nSPS) is 28.2. The number of methoxy groups -OCH3 is 1. The van der Waals surface area contributed by atoms with Crippen LogP contribution in [0.3, 0.4) is 0 Å². The Morgan fingerprint density at radius 2 is 2.21 bits per heavy atom. The number of esters is 1. The Balaban J connectivity index is 1.80. The monoisotopic (exact) mass is 328 g/mol. The van der Waals surface area contributed by atoms with Gasteiger partial charge in [-0.3, -0.25) is 9.69 Å². The number of nitrogens with one attached hydrogen (secondary N) is 1. The van der Waals surface area contributed by atoms with Gasteiger partial charge in [0.1, 0.15) is 0 Å². The highest BCUT2D eigenvalue weighted by Gasteiger charge is 2.45. The minimum absolute atomic E-state index is 0.0172. The third-order valence-corrected chi connectivity index (χ3v) is 5.78. The molecule has 3 heterocycles. The van der Waals surface area contributed by atoms with Crippen molar-refractivity contribution in [3.8, 4) is 0 Å². The average molecular weight is 328 g/mol. The number of aliphatic hydroxyl groups excluding tert-OH is 1. The van der Waals surface area contributed by atoms with Gasteiger partial charge in [-0.15, -0.1) is 0 Å². The number of carbonyl (C=O) groups excluding carboxylic acids is 1. The highest BCUT2D eigenvalue weighted by Crippen LogP contribution is 2.44. The number of aliphatic hydroxyl groups is 1. The number of ether oxygens (including phenoxy) is 1.